The molecule has 8 nitrogen and oxygen atoms in total. The zero-order chi connectivity index (χ0) is 26.1. The summed E-state index contributed by atoms with van der Waals surface area (Å²) in [5.74, 6) is -1.72. The molecule has 0 spiro atoms. The predicted octanol–water partition coefficient (Wildman–Crippen LogP) is 5.55. The molecule has 1 aliphatic rings. The Bertz CT molecular complexity index is 1240. The molecule has 0 atom stereocenters. The fourth-order valence-corrected chi connectivity index (χ4v) is 4.11. The van der Waals surface area contributed by atoms with Gasteiger partial charge in [0.15, 0.2) is 5.11 Å². The van der Waals surface area contributed by atoms with E-state index in [0.717, 1.165) is 6.07 Å². The molecule has 1 aliphatic heterocycles. The Hall–Kier alpha value is -3.32. The first-order valence-electron chi connectivity index (χ1n) is 10.1. The van der Waals surface area contributed by atoms with E-state index in [0.29, 0.717) is 16.6 Å². The lowest BCUT2D eigenvalue weighted by Gasteiger charge is -2.35. The lowest BCUT2D eigenvalue weighted by atomic mass is 10.1. The van der Waals surface area contributed by atoms with Crippen LogP contribution in [0.2, 0.25) is 0 Å². The van der Waals surface area contributed by atoms with Crippen molar-refractivity contribution in [2.75, 3.05) is 13.1 Å². The second-order valence-electron chi connectivity index (χ2n) is 7.16. The number of ether oxygens (including phenoxy) is 1. The molecule has 2 aromatic carbocycles. The van der Waals surface area contributed by atoms with Crippen LogP contribution in [-0.4, -0.2) is 44.7 Å². The van der Waals surface area contributed by atoms with Gasteiger partial charge in [-0.15, -0.1) is 0 Å². The van der Waals surface area contributed by atoms with E-state index in [2.05, 4.69) is 15.9 Å². The van der Waals surface area contributed by atoms with Crippen LogP contribution < -0.4 is 4.74 Å². The summed E-state index contributed by atoms with van der Waals surface area (Å²) in [4.78, 5) is 38.8. The Balaban J connectivity index is 2.10. The van der Waals surface area contributed by atoms with Gasteiger partial charge in [0.05, 0.1) is 10.5 Å². The second-order valence-corrected chi connectivity index (χ2v) is 8.44. The maximum Gasteiger partial charge on any atom is 0.416 e. The number of hydrogen-bond acceptors (Lipinski definition) is 6. The summed E-state index contributed by atoms with van der Waals surface area (Å²) in [5, 5.41) is 11.5. The molecule has 13 heteroatoms. The van der Waals surface area contributed by atoms with Crippen LogP contribution in [-0.2, 0) is 15.8 Å². The molecule has 0 aromatic heterocycles. The van der Waals surface area contributed by atoms with Crippen molar-refractivity contribution in [2.24, 2.45) is 0 Å². The third kappa shape index (κ3) is 5.35. The molecular formula is C22H17BrF3N3O5S. The number of rotatable bonds is 6. The summed E-state index contributed by atoms with van der Waals surface area (Å²) < 4.78 is 45.2. The van der Waals surface area contributed by atoms with E-state index in [9.17, 15) is 32.9 Å². The zero-order valence-electron chi connectivity index (χ0n) is 18.3. The Labute approximate surface area is 211 Å². The molecule has 2 amide bonds. The average Bonchev–Trinajstić information content (AvgIpc) is 2.78. The summed E-state index contributed by atoms with van der Waals surface area (Å²) in [6.45, 7) is 3.84. The van der Waals surface area contributed by atoms with Gasteiger partial charge in [-0.2, -0.15) is 13.2 Å². The van der Waals surface area contributed by atoms with E-state index in [4.69, 9.17) is 17.0 Å². The van der Waals surface area contributed by atoms with Crippen molar-refractivity contribution in [2.45, 2.75) is 20.0 Å². The Morgan fingerprint density at radius 1 is 1.06 bits per heavy atom. The van der Waals surface area contributed by atoms with Crippen LogP contribution in [0.4, 0.5) is 18.9 Å². The predicted molar refractivity (Wildman–Crippen MR) is 128 cm³/mol. The minimum Gasteiger partial charge on any atom is -0.449 e. The molecule has 0 bridgehead atoms. The number of amides is 2. The molecule has 184 valence electrons. The van der Waals surface area contributed by atoms with Gasteiger partial charge in [0.25, 0.3) is 11.8 Å². The number of benzene rings is 2. The molecule has 3 rings (SSSR count). The van der Waals surface area contributed by atoms with Crippen LogP contribution in [0.15, 0.2) is 46.4 Å². The highest BCUT2D eigenvalue weighted by atomic mass is 79.9. The molecule has 0 radical (unpaired) electrons. The summed E-state index contributed by atoms with van der Waals surface area (Å²) in [6, 6.07) is 6.30. The van der Waals surface area contributed by atoms with E-state index < -0.39 is 39.9 Å². The SMILES string of the molecule is CCN1C(=O)C(=Cc2cc(Br)ccc2Oc2ccc(C(F)(F)F)cc2[N+](=O)[O-])C(=O)N(CC)C1=S. The van der Waals surface area contributed by atoms with Crippen LogP contribution >= 0.6 is 28.1 Å². The topological polar surface area (TPSA) is 93.0 Å². The standard InChI is InChI=1S/C22H17BrF3N3O5S/c1-3-27-19(30)15(20(31)28(4-2)21(27)35)10-12-9-14(23)6-8-17(12)34-18-7-5-13(22(24,25)26)11-16(18)29(32)33/h5-11H,3-4H2,1-2H3. The van der Waals surface area contributed by atoms with Crippen molar-refractivity contribution < 1.29 is 32.4 Å². The number of thiocarbonyl (C=S) groups is 1. The Morgan fingerprint density at radius 3 is 2.14 bits per heavy atom. The van der Waals surface area contributed by atoms with Crippen molar-refractivity contribution in [3.05, 3.63) is 67.7 Å². The molecule has 35 heavy (non-hydrogen) atoms. The maximum absolute atomic E-state index is 13.0. The number of hydrogen-bond donors (Lipinski definition) is 0. The lowest BCUT2D eigenvalue weighted by molar-refractivity contribution is -0.385. The van der Waals surface area contributed by atoms with E-state index in [1.54, 1.807) is 13.8 Å². The quantitative estimate of drug-likeness (QED) is 0.148. The van der Waals surface area contributed by atoms with Gasteiger partial charge in [-0.05, 0) is 62.5 Å². The molecule has 1 saturated heterocycles. The van der Waals surface area contributed by atoms with Gasteiger partial charge in [-0.3, -0.25) is 29.5 Å². The van der Waals surface area contributed by atoms with Gasteiger partial charge in [-0.1, -0.05) is 15.9 Å². The van der Waals surface area contributed by atoms with Crippen molar-refractivity contribution in [3.63, 3.8) is 0 Å². The third-order valence-corrected chi connectivity index (χ3v) is 5.95. The summed E-state index contributed by atoms with van der Waals surface area (Å²) in [6.07, 6.45) is -3.52. The molecule has 0 aliphatic carbocycles. The molecule has 1 fully saturated rings. The van der Waals surface area contributed by atoms with Crippen LogP contribution in [0.1, 0.15) is 25.0 Å². The van der Waals surface area contributed by atoms with Crippen molar-refractivity contribution in [3.8, 4) is 11.5 Å². The van der Waals surface area contributed by atoms with Gasteiger partial charge in [0.2, 0.25) is 5.75 Å². The van der Waals surface area contributed by atoms with Gasteiger partial charge in [-0.25, -0.2) is 0 Å². The molecular weight excluding hydrogens is 555 g/mol. The first-order valence-corrected chi connectivity index (χ1v) is 11.3. The fourth-order valence-electron chi connectivity index (χ4n) is 3.30. The maximum atomic E-state index is 13.0. The van der Waals surface area contributed by atoms with E-state index in [1.165, 1.54) is 34.1 Å². The number of carbonyl (C=O) groups excluding carboxylic acids is 2. The highest BCUT2D eigenvalue weighted by Crippen LogP contribution is 2.39. The molecule has 0 unspecified atom stereocenters. The molecule has 0 saturated carbocycles. The average molecular weight is 572 g/mol. The Morgan fingerprint density at radius 2 is 1.63 bits per heavy atom. The number of halogens is 4. The number of alkyl halides is 3. The number of nitrogens with zero attached hydrogens (tertiary/aromatic N) is 3. The highest BCUT2D eigenvalue weighted by Gasteiger charge is 2.38. The third-order valence-electron chi connectivity index (χ3n) is 5.02. The van der Waals surface area contributed by atoms with E-state index in [1.807, 2.05) is 0 Å². The fraction of sp³-hybridized carbons (Fsp3) is 0.227. The summed E-state index contributed by atoms with van der Waals surface area (Å²) >= 11 is 8.51. The number of nitro benzene ring substituents is 1. The van der Waals surface area contributed by atoms with Crippen LogP contribution in [0.5, 0.6) is 11.5 Å². The highest BCUT2D eigenvalue weighted by molar-refractivity contribution is 9.10. The van der Waals surface area contributed by atoms with Crippen LogP contribution in [0.25, 0.3) is 6.08 Å². The number of likely N-dealkylation sites (N-methyl/N-ethyl adjacent to an activating group) is 2. The molecule has 0 N–H and O–H groups in total. The first-order chi connectivity index (χ1) is 16.4. The molecule has 1 heterocycles. The largest absolute Gasteiger partial charge is 0.449 e. The summed E-state index contributed by atoms with van der Waals surface area (Å²) in [5.41, 5.74) is -2.13. The smallest absolute Gasteiger partial charge is 0.416 e. The lowest BCUT2D eigenvalue weighted by Crippen LogP contribution is -2.55. The minimum absolute atomic E-state index is 0.0246. The minimum atomic E-state index is -4.78. The van der Waals surface area contributed by atoms with Crippen LogP contribution in [0, 0.1) is 10.1 Å². The van der Waals surface area contributed by atoms with Crippen molar-refractivity contribution >= 4 is 56.8 Å². The number of carbonyl (C=O) groups is 2. The number of nitro groups is 1. The van der Waals surface area contributed by atoms with Gasteiger partial charge in [0.1, 0.15) is 11.3 Å². The van der Waals surface area contributed by atoms with Gasteiger partial charge in [0, 0.05) is 29.2 Å². The van der Waals surface area contributed by atoms with E-state index >= 15 is 0 Å². The second kappa shape index (κ2) is 10.1. The van der Waals surface area contributed by atoms with Crippen molar-refractivity contribution in [1.29, 1.82) is 0 Å². The Kier molecular flexibility index (Phi) is 7.60. The van der Waals surface area contributed by atoms with Gasteiger partial charge >= 0.3 is 11.9 Å². The molecule has 2 aromatic rings. The normalized spacial score (nSPS) is 14.5. The zero-order valence-corrected chi connectivity index (χ0v) is 20.7. The van der Waals surface area contributed by atoms with Gasteiger partial charge < -0.3 is 4.74 Å². The monoisotopic (exact) mass is 571 g/mol. The van der Waals surface area contributed by atoms with E-state index in [-0.39, 0.29) is 35.1 Å². The first kappa shape index (κ1) is 26.3. The summed E-state index contributed by atoms with van der Waals surface area (Å²) in [7, 11) is 0. The van der Waals surface area contributed by atoms with Crippen molar-refractivity contribution in [1.82, 2.24) is 9.80 Å². The van der Waals surface area contributed by atoms with Crippen LogP contribution in [0.3, 0.4) is 0 Å².